The van der Waals surface area contributed by atoms with Gasteiger partial charge in [-0.05, 0) is 55.8 Å². The van der Waals surface area contributed by atoms with E-state index < -0.39 is 23.0 Å². The lowest BCUT2D eigenvalue weighted by Gasteiger charge is -2.24. The van der Waals surface area contributed by atoms with Gasteiger partial charge in [-0.2, -0.15) is 5.10 Å². The molecule has 8 nitrogen and oxygen atoms in total. The molecule has 6 rings (SSSR count). The van der Waals surface area contributed by atoms with Gasteiger partial charge in [0.2, 0.25) is 0 Å². The molecular weight excluding hydrogens is 519 g/mol. The van der Waals surface area contributed by atoms with Crippen molar-refractivity contribution in [3.8, 4) is 22.6 Å². The predicted molar refractivity (Wildman–Crippen MR) is 145 cm³/mol. The fraction of sp³-hybridized carbons (Fsp3) is 0.241. The largest absolute Gasteiger partial charge is 0.317 e. The van der Waals surface area contributed by atoms with Crippen LogP contribution in [0.15, 0.2) is 75.7 Å². The normalized spacial score (nSPS) is 17.3. The topological polar surface area (TPSA) is 97.4 Å². The van der Waals surface area contributed by atoms with Crippen molar-refractivity contribution < 1.29 is 13.2 Å². The summed E-state index contributed by atoms with van der Waals surface area (Å²) in [5.41, 5.74) is 2.80. The smallest absolute Gasteiger partial charge is 0.267 e. The van der Waals surface area contributed by atoms with Gasteiger partial charge in [-0.15, -0.1) is 0 Å². The number of benzene rings is 2. The number of hydrogen-bond acceptors (Lipinski definition) is 7. The van der Waals surface area contributed by atoms with Crippen LogP contribution in [0.1, 0.15) is 24.0 Å². The molecule has 11 heteroatoms. The number of aromatic nitrogens is 4. The number of piperidine rings is 1. The Morgan fingerprint density at radius 3 is 2.40 bits per heavy atom. The van der Waals surface area contributed by atoms with E-state index in [1.165, 1.54) is 16.8 Å². The zero-order valence-corrected chi connectivity index (χ0v) is 21.3. The lowest BCUT2D eigenvalue weighted by molar-refractivity contribution is 0.328. The Balaban J connectivity index is 1.20. The first-order valence-electron chi connectivity index (χ1n) is 12.9. The van der Waals surface area contributed by atoms with Crippen molar-refractivity contribution in [2.75, 3.05) is 13.1 Å². The molecule has 40 heavy (non-hydrogen) atoms. The van der Waals surface area contributed by atoms with E-state index in [-0.39, 0.29) is 24.0 Å². The van der Waals surface area contributed by atoms with Gasteiger partial charge in [-0.3, -0.25) is 14.8 Å². The molecule has 1 atom stereocenters. The lowest BCUT2D eigenvalue weighted by atomic mass is 9.95. The highest BCUT2D eigenvalue weighted by atomic mass is 19.2. The molecule has 4 heterocycles. The van der Waals surface area contributed by atoms with E-state index in [4.69, 9.17) is 4.99 Å². The fourth-order valence-corrected chi connectivity index (χ4v) is 4.89. The van der Waals surface area contributed by atoms with Crippen molar-refractivity contribution in [3.63, 3.8) is 0 Å². The Morgan fingerprint density at radius 2 is 1.65 bits per heavy atom. The molecule has 0 bridgehead atoms. The van der Waals surface area contributed by atoms with Crippen molar-refractivity contribution >= 4 is 11.9 Å². The third kappa shape index (κ3) is 5.32. The summed E-state index contributed by atoms with van der Waals surface area (Å²) in [5.74, 6) is -3.28. The molecule has 0 radical (unpaired) electrons. The van der Waals surface area contributed by atoms with Gasteiger partial charge in [-0.25, -0.2) is 27.8 Å². The molecule has 202 valence electrons. The van der Waals surface area contributed by atoms with Crippen LogP contribution in [0.5, 0.6) is 0 Å². The zero-order valence-electron chi connectivity index (χ0n) is 21.3. The van der Waals surface area contributed by atoms with E-state index in [1.807, 2.05) is 24.3 Å². The van der Waals surface area contributed by atoms with E-state index in [2.05, 4.69) is 25.4 Å². The van der Waals surface area contributed by atoms with Crippen LogP contribution in [0.25, 0.3) is 22.6 Å². The number of halogens is 3. The summed E-state index contributed by atoms with van der Waals surface area (Å²) in [6.45, 7) is 2.07. The van der Waals surface area contributed by atoms with Crippen LogP contribution in [0, 0.1) is 23.4 Å². The van der Waals surface area contributed by atoms with Crippen LogP contribution in [-0.2, 0) is 6.54 Å². The van der Waals surface area contributed by atoms with Crippen molar-refractivity contribution in [3.05, 3.63) is 99.9 Å². The molecule has 2 aromatic carbocycles. The molecule has 0 spiro atoms. The molecule has 0 aliphatic carbocycles. The molecule has 2 aliphatic heterocycles. The Labute approximate surface area is 227 Å². The van der Waals surface area contributed by atoms with Gasteiger partial charge in [0.25, 0.3) is 5.56 Å². The van der Waals surface area contributed by atoms with E-state index in [9.17, 15) is 18.0 Å². The molecule has 4 aromatic rings. The van der Waals surface area contributed by atoms with Crippen LogP contribution in [0.3, 0.4) is 0 Å². The summed E-state index contributed by atoms with van der Waals surface area (Å²) in [6.07, 6.45) is 7.30. The van der Waals surface area contributed by atoms with Gasteiger partial charge in [0.15, 0.2) is 23.3 Å². The summed E-state index contributed by atoms with van der Waals surface area (Å²) < 4.78 is 42.0. The quantitative estimate of drug-likeness (QED) is 0.371. The molecule has 2 aromatic heterocycles. The van der Waals surface area contributed by atoms with Crippen LogP contribution < -0.4 is 10.9 Å². The molecule has 0 amide bonds. The Morgan fingerprint density at radius 1 is 0.900 bits per heavy atom. The average Bonchev–Trinajstić information content (AvgIpc) is 3.48. The number of hydrogen-bond donors (Lipinski definition) is 1. The number of nitrogens with zero attached hydrogens (tertiary/aromatic N) is 6. The van der Waals surface area contributed by atoms with Gasteiger partial charge in [0.1, 0.15) is 6.17 Å². The maximum absolute atomic E-state index is 13.7. The van der Waals surface area contributed by atoms with Gasteiger partial charge >= 0.3 is 0 Å². The minimum Gasteiger partial charge on any atom is -0.317 e. The van der Waals surface area contributed by atoms with Gasteiger partial charge < -0.3 is 5.32 Å². The number of rotatable bonds is 6. The van der Waals surface area contributed by atoms with E-state index in [0.717, 1.165) is 60.5 Å². The maximum Gasteiger partial charge on any atom is 0.267 e. The zero-order chi connectivity index (χ0) is 27.6. The third-order valence-corrected chi connectivity index (χ3v) is 7.04. The van der Waals surface area contributed by atoms with Gasteiger partial charge in [0.05, 0.1) is 18.0 Å². The molecule has 1 saturated heterocycles. The second-order valence-corrected chi connectivity index (χ2v) is 9.76. The maximum atomic E-state index is 13.7. The highest BCUT2D eigenvalue weighted by molar-refractivity contribution is 6.39. The van der Waals surface area contributed by atoms with Crippen molar-refractivity contribution in [1.82, 2.24) is 25.1 Å². The first-order valence-corrected chi connectivity index (χ1v) is 12.9. The summed E-state index contributed by atoms with van der Waals surface area (Å²) in [4.78, 5) is 30.9. The van der Waals surface area contributed by atoms with Crippen molar-refractivity contribution in [1.29, 1.82) is 0 Å². The minimum atomic E-state index is -1.56. The first kappa shape index (κ1) is 25.8. The van der Waals surface area contributed by atoms with E-state index >= 15 is 0 Å². The SMILES string of the molecule is O=c1ccc(-c2cc(F)c(F)c(F)c2)nn1Cc1cccc(-c2ncc(C3=NC(C4CCNCC4)N=C3)cn2)c1. The molecule has 2 aliphatic rings. The number of nitrogens with one attached hydrogen (secondary N) is 1. The van der Waals surface area contributed by atoms with Crippen LogP contribution >= 0.6 is 0 Å². The van der Waals surface area contributed by atoms with Gasteiger partial charge in [0, 0.05) is 47.3 Å². The Bertz CT molecular complexity index is 1660. The molecular formula is C29H24F3N7O. The highest BCUT2D eigenvalue weighted by Gasteiger charge is 2.25. The standard InChI is InChI=1S/C29H24F3N7O/c30-22-11-20(12-23(31)27(22)32)24-4-5-26(40)39(38-24)16-17-2-1-3-19(10-17)28-34-13-21(14-35-28)25-15-36-29(37-25)18-6-8-33-9-7-18/h1-5,10-15,18,29,33H,6-9,16H2. The second-order valence-electron chi connectivity index (χ2n) is 9.76. The highest BCUT2D eigenvalue weighted by Crippen LogP contribution is 2.24. The molecule has 0 saturated carbocycles. The summed E-state index contributed by atoms with van der Waals surface area (Å²) in [6, 6.07) is 11.6. The first-order chi connectivity index (χ1) is 19.4. The molecule has 1 fully saturated rings. The average molecular weight is 544 g/mol. The predicted octanol–water partition coefficient (Wildman–Crippen LogP) is 4.03. The van der Waals surface area contributed by atoms with E-state index in [0.29, 0.717) is 11.7 Å². The summed E-state index contributed by atoms with van der Waals surface area (Å²) in [7, 11) is 0. The van der Waals surface area contributed by atoms with Crippen LogP contribution in [-0.4, -0.2) is 50.9 Å². The number of aliphatic imine (C=N–C) groups is 2. The molecule has 1 N–H and O–H groups in total. The second kappa shape index (κ2) is 10.9. The third-order valence-electron chi connectivity index (χ3n) is 7.04. The Hall–Kier alpha value is -4.51. The summed E-state index contributed by atoms with van der Waals surface area (Å²) >= 11 is 0. The van der Waals surface area contributed by atoms with E-state index in [1.54, 1.807) is 18.6 Å². The van der Waals surface area contributed by atoms with Crippen LogP contribution in [0.4, 0.5) is 13.2 Å². The van der Waals surface area contributed by atoms with Crippen molar-refractivity contribution in [2.45, 2.75) is 25.6 Å². The van der Waals surface area contributed by atoms with Gasteiger partial charge in [-0.1, -0.05) is 18.2 Å². The van der Waals surface area contributed by atoms with Crippen LogP contribution in [0.2, 0.25) is 0 Å². The Kier molecular flexibility index (Phi) is 7.04. The minimum absolute atomic E-state index is 0.0198. The summed E-state index contributed by atoms with van der Waals surface area (Å²) in [5, 5.41) is 7.60. The fourth-order valence-electron chi connectivity index (χ4n) is 4.89. The monoisotopic (exact) mass is 543 g/mol. The molecule has 1 unspecified atom stereocenters. The lowest BCUT2D eigenvalue weighted by Crippen LogP contribution is -2.32. The van der Waals surface area contributed by atoms with Crippen molar-refractivity contribution in [2.24, 2.45) is 15.9 Å².